The first-order valence-electron chi connectivity index (χ1n) is 7.51. The molecule has 0 aromatic heterocycles. The zero-order valence-corrected chi connectivity index (χ0v) is 14.0. The highest BCUT2D eigenvalue weighted by Crippen LogP contribution is 2.19. The fourth-order valence-corrected chi connectivity index (χ4v) is 2.33. The summed E-state index contributed by atoms with van der Waals surface area (Å²) in [7, 11) is 2.15. The molecule has 1 fully saturated rings. The van der Waals surface area contributed by atoms with Gasteiger partial charge in [0, 0.05) is 38.3 Å². The van der Waals surface area contributed by atoms with Crippen LogP contribution in [0, 0.1) is 5.41 Å². The summed E-state index contributed by atoms with van der Waals surface area (Å²) in [5.74, 6) is -0.0558. The lowest BCUT2D eigenvalue weighted by Crippen LogP contribution is -2.59. The van der Waals surface area contributed by atoms with Crippen LogP contribution >= 0.6 is 0 Å². The summed E-state index contributed by atoms with van der Waals surface area (Å²) in [5.41, 5.74) is 5.75. The van der Waals surface area contributed by atoms with E-state index in [1.54, 1.807) is 0 Å². The van der Waals surface area contributed by atoms with E-state index in [2.05, 4.69) is 36.0 Å². The molecule has 3 N–H and O–H groups in total. The van der Waals surface area contributed by atoms with Crippen molar-refractivity contribution in [2.24, 2.45) is 11.1 Å². The highest BCUT2D eigenvalue weighted by Gasteiger charge is 2.32. The number of piperazine rings is 1. The Hall–Kier alpha value is -0.650. The first kappa shape index (κ1) is 17.4. The number of nitrogens with two attached hydrogens (primary N) is 1. The number of nitrogens with zero attached hydrogens (tertiary/aromatic N) is 2. The third-order valence-electron chi connectivity index (χ3n) is 4.27. The van der Waals surface area contributed by atoms with Gasteiger partial charge in [0.05, 0.1) is 6.04 Å². The largest absolute Gasteiger partial charge is 0.353 e. The minimum atomic E-state index is -0.467. The molecule has 0 bridgehead atoms. The van der Waals surface area contributed by atoms with Crippen LogP contribution in [0.15, 0.2) is 0 Å². The zero-order chi connectivity index (χ0) is 15.6. The maximum Gasteiger partial charge on any atom is 0.237 e. The number of carbonyl (C=O) groups excluding carboxylic acids is 1. The van der Waals surface area contributed by atoms with Crippen molar-refractivity contribution in [2.75, 3.05) is 39.8 Å². The van der Waals surface area contributed by atoms with Crippen LogP contribution in [0.2, 0.25) is 0 Å². The smallest absolute Gasteiger partial charge is 0.237 e. The minimum absolute atomic E-state index is 0.0332. The van der Waals surface area contributed by atoms with Crippen molar-refractivity contribution in [2.45, 2.75) is 46.2 Å². The Kier molecular flexibility index (Phi) is 5.58. The third-order valence-corrected chi connectivity index (χ3v) is 4.27. The molecule has 0 radical (unpaired) electrons. The number of hydrogen-bond acceptors (Lipinski definition) is 4. The van der Waals surface area contributed by atoms with Crippen LogP contribution in [0.3, 0.4) is 0 Å². The number of hydrogen-bond donors (Lipinski definition) is 2. The van der Waals surface area contributed by atoms with Crippen LogP contribution in [-0.2, 0) is 4.79 Å². The van der Waals surface area contributed by atoms with E-state index < -0.39 is 6.04 Å². The summed E-state index contributed by atoms with van der Waals surface area (Å²) >= 11 is 0. The fraction of sp³-hybridized carbons (Fsp3) is 0.933. The van der Waals surface area contributed by atoms with Gasteiger partial charge in [-0.3, -0.25) is 9.69 Å². The highest BCUT2D eigenvalue weighted by molar-refractivity contribution is 5.82. The average molecular weight is 284 g/mol. The molecule has 1 rings (SSSR count). The number of nitrogens with one attached hydrogen (secondary N) is 1. The Morgan fingerprint density at radius 1 is 1.15 bits per heavy atom. The average Bonchev–Trinajstić information content (AvgIpc) is 2.34. The molecule has 5 heteroatoms. The molecule has 0 unspecified atom stereocenters. The number of amides is 1. The highest BCUT2D eigenvalue weighted by atomic mass is 16.2. The summed E-state index contributed by atoms with van der Waals surface area (Å²) in [6, 6.07) is -0.467. The van der Waals surface area contributed by atoms with Gasteiger partial charge in [-0.1, -0.05) is 20.8 Å². The van der Waals surface area contributed by atoms with E-state index >= 15 is 0 Å². The summed E-state index contributed by atoms with van der Waals surface area (Å²) in [5, 5.41) is 3.02. The minimum Gasteiger partial charge on any atom is -0.353 e. The molecule has 1 atom stereocenters. The normalized spacial score (nSPS) is 20.8. The maximum absolute atomic E-state index is 12.1. The van der Waals surface area contributed by atoms with Gasteiger partial charge in [-0.25, -0.2) is 0 Å². The first-order valence-corrected chi connectivity index (χ1v) is 7.51. The van der Waals surface area contributed by atoms with Crippen LogP contribution in [0.5, 0.6) is 0 Å². The Labute approximate surface area is 123 Å². The first-order chi connectivity index (χ1) is 9.04. The summed E-state index contributed by atoms with van der Waals surface area (Å²) in [6.45, 7) is 15.2. The molecule has 0 saturated carbocycles. The predicted octanol–water partition coefficient (Wildman–Crippen LogP) is 0.502. The van der Waals surface area contributed by atoms with E-state index in [1.165, 1.54) is 0 Å². The topological polar surface area (TPSA) is 61.6 Å². The standard InChI is InChI=1S/C15H32N4O/c1-14(2,3)12(16)13(20)17-11-15(4,5)19-9-7-18(6)8-10-19/h12H,7-11,16H2,1-6H3,(H,17,20)/t12-/m1/s1. The molecule has 1 saturated heterocycles. The molecule has 0 aromatic carbocycles. The van der Waals surface area contributed by atoms with Crippen LogP contribution < -0.4 is 11.1 Å². The van der Waals surface area contributed by atoms with Gasteiger partial charge in [0.15, 0.2) is 0 Å². The molecule has 0 aromatic rings. The number of rotatable bonds is 4. The van der Waals surface area contributed by atoms with E-state index in [-0.39, 0.29) is 16.9 Å². The molecule has 1 aliphatic rings. The zero-order valence-electron chi connectivity index (χ0n) is 14.0. The van der Waals surface area contributed by atoms with Crippen LogP contribution in [-0.4, -0.2) is 67.1 Å². The molecule has 118 valence electrons. The Balaban J connectivity index is 2.49. The molecule has 0 spiro atoms. The van der Waals surface area contributed by atoms with Gasteiger partial charge in [0.25, 0.3) is 0 Å². The van der Waals surface area contributed by atoms with Crippen LogP contribution in [0.25, 0.3) is 0 Å². The lowest BCUT2D eigenvalue weighted by Gasteiger charge is -2.43. The van der Waals surface area contributed by atoms with Crippen LogP contribution in [0.1, 0.15) is 34.6 Å². The maximum atomic E-state index is 12.1. The van der Waals surface area contributed by atoms with Crippen molar-refractivity contribution in [3.8, 4) is 0 Å². The Morgan fingerprint density at radius 3 is 2.10 bits per heavy atom. The molecular formula is C15H32N4O. The molecule has 5 nitrogen and oxygen atoms in total. The summed E-state index contributed by atoms with van der Waals surface area (Å²) in [4.78, 5) is 16.9. The van der Waals surface area contributed by atoms with Gasteiger partial charge in [-0.2, -0.15) is 0 Å². The van der Waals surface area contributed by atoms with E-state index in [1.807, 2.05) is 20.8 Å². The number of likely N-dealkylation sites (N-methyl/N-ethyl adjacent to an activating group) is 1. The van der Waals surface area contributed by atoms with E-state index in [4.69, 9.17) is 5.73 Å². The van der Waals surface area contributed by atoms with Gasteiger partial charge in [0.1, 0.15) is 0 Å². The second-order valence-corrected chi connectivity index (χ2v) is 7.66. The fourth-order valence-electron chi connectivity index (χ4n) is 2.33. The molecule has 0 aliphatic carbocycles. The van der Waals surface area contributed by atoms with Gasteiger partial charge < -0.3 is 16.0 Å². The second kappa shape index (κ2) is 6.41. The van der Waals surface area contributed by atoms with E-state index in [0.717, 1.165) is 26.2 Å². The van der Waals surface area contributed by atoms with Crippen molar-refractivity contribution in [3.05, 3.63) is 0 Å². The summed E-state index contributed by atoms with van der Waals surface area (Å²) < 4.78 is 0. The van der Waals surface area contributed by atoms with Crippen molar-refractivity contribution in [1.29, 1.82) is 0 Å². The molecule has 1 aliphatic heterocycles. The Morgan fingerprint density at radius 2 is 1.65 bits per heavy atom. The molecular weight excluding hydrogens is 252 g/mol. The predicted molar refractivity (Wildman–Crippen MR) is 83.6 cm³/mol. The van der Waals surface area contributed by atoms with Gasteiger partial charge in [-0.15, -0.1) is 0 Å². The molecule has 1 heterocycles. The monoisotopic (exact) mass is 284 g/mol. The lowest BCUT2D eigenvalue weighted by molar-refractivity contribution is -0.125. The van der Waals surface area contributed by atoms with Crippen molar-refractivity contribution in [1.82, 2.24) is 15.1 Å². The Bertz CT molecular complexity index is 327. The van der Waals surface area contributed by atoms with Crippen molar-refractivity contribution < 1.29 is 4.79 Å². The van der Waals surface area contributed by atoms with Crippen LogP contribution in [0.4, 0.5) is 0 Å². The van der Waals surface area contributed by atoms with E-state index in [9.17, 15) is 4.79 Å². The van der Waals surface area contributed by atoms with Gasteiger partial charge in [-0.05, 0) is 26.3 Å². The SMILES string of the molecule is CN1CCN(C(C)(C)CNC(=O)[C@@H](N)C(C)(C)C)CC1. The van der Waals surface area contributed by atoms with Gasteiger partial charge >= 0.3 is 0 Å². The quantitative estimate of drug-likeness (QED) is 0.789. The van der Waals surface area contributed by atoms with Gasteiger partial charge in [0.2, 0.25) is 5.91 Å². The number of carbonyl (C=O) groups is 1. The van der Waals surface area contributed by atoms with Crippen molar-refractivity contribution >= 4 is 5.91 Å². The van der Waals surface area contributed by atoms with Crippen molar-refractivity contribution in [3.63, 3.8) is 0 Å². The molecule has 20 heavy (non-hydrogen) atoms. The lowest BCUT2D eigenvalue weighted by atomic mass is 9.87. The third kappa shape index (κ3) is 4.72. The summed E-state index contributed by atoms with van der Waals surface area (Å²) in [6.07, 6.45) is 0. The van der Waals surface area contributed by atoms with E-state index in [0.29, 0.717) is 6.54 Å². The second-order valence-electron chi connectivity index (χ2n) is 7.66. The molecule has 1 amide bonds.